The van der Waals surface area contributed by atoms with Crippen molar-refractivity contribution in [1.29, 1.82) is 0 Å². The highest BCUT2D eigenvalue weighted by molar-refractivity contribution is 8.00. The SMILES string of the molecule is CNc1nc(NCC2(SC)CCCC2)c2cc(C)sc2n1. The number of aromatic nitrogens is 2. The summed E-state index contributed by atoms with van der Waals surface area (Å²) in [5, 5.41) is 7.81. The van der Waals surface area contributed by atoms with E-state index in [0.29, 0.717) is 10.7 Å². The topological polar surface area (TPSA) is 49.8 Å². The normalized spacial score (nSPS) is 17.3. The van der Waals surface area contributed by atoms with E-state index >= 15 is 0 Å². The van der Waals surface area contributed by atoms with Crippen molar-refractivity contribution in [2.24, 2.45) is 0 Å². The number of anilines is 2. The van der Waals surface area contributed by atoms with Crippen LogP contribution in [0.25, 0.3) is 10.2 Å². The Bertz CT molecular complexity index is 632. The Kier molecular flexibility index (Phi) is 4.26. The zero-order valence-electron chi connectivity index (χ0n) is 12.8. The molecule has 114 valence electrons. The molecule has 1 aliphatic carbocycles. The molecule has 0 amide bonds. The third kappa shape index (κ3) is 2.97. The van der Waals surface area contributed by atoms with Crippen molar-refractivity contribution in [1.82, 2.24) is 9.97 Å². The number of fused-ring (bicyclic) bond motifs is 1. The van der Waals surface area contributed by atoms with Gasteiger partial charge in [0.05, 0.1) is 5.39 Å². The van der Waals surface area contributed by atoms with Crippen LogP contribution < -0.4 is 10.6 Å². The summed E-state index contributed by atoms with van der Waals surface area (Å²) in [6.07, 6.45) is 7.53. The van der Waals surface area contributed by atoms with Gasteiger partial charge in [-0.2, -0.15) is 16.7 Å². The van der Waals surface area contributed by atoms with Gasteiger partial charge in [0.2, 0.25) is 5.95 Å². The summed E-state index contributed by atoms with van der Waals surface area (Å²) in [4.78, 5) is 11.5. The van der Waals surface area contributed by atoms with Gasteiger partial charge in [0, 0.05) is 23.2 Å². The van der Waals surface area contributed by atoms with E-state index in [1.165, 1.54) is 30.6 Å². The van der Waals surface area contributed by atoms with Crippen molar-refractivity contribution in [2.75, 3.05) is 30.5 Å². The van der Waals surface area contributed by atoms with E-state index in [1.54, 1.807) is 11.3 Å². The molecule has 3 rings (SSSR count). The van der Waals surface area contributed by atoms with Gasteiger partial charge in [-0.1, -0.05) is 12.8 Å². The molecule has 0 bridgehead atoms. The maximum atomic E-state index is 4.62. The second-order valence-electron chi connectivity index (χ2n) is 5.67. The van der Waals surface area contributed by atoms with Crippen LogP contribution in [-0.2, 0) is 0 Å². The number of hydrogen-bond acceptors (Lipinski definition) is 6. The lowest BCUT2D eigenvalue weighted by Gasteiger charge is -2.27. The highest BCUT2D eigenvalue weighted by Crippen LogP contribution is 2.40. The first-order chi connectivity index (χ1) is 10.2. The highest BCUT2D eigenvalue weighted by atomic mass is 32.2. The van der Waals surface area contributed by atoms with E-state index in [1.807, 2.05) is 18.8 Å². The summed E-state index contributed by atoms with van der Waals surface area (Å²) in [6, 6.07) is 2.18. The molecule has 0 spiro atoms. The van der Waals surface area contributed by atoms with E-state index in [-0.39, 0.29) is 0 Å². The summed E-state index contributed by atoms with van der Waals surface area (Å²) in [7, 11) is 1.87. The van der Waals surface area contributed by atoms with Crippen molar-refractivity contribution >= 4 is 45.1 Å². The van der Waals surface area contributed by atoms with Crippen LogP contribution in [0.4, 0.5) is 11.8 Å². The fourth-order valence-electron chi connectivity index (χ4n) is 3.01. The Labute approximate surface area is 134 Å². The lowest BCUT2D eigenvalue weighted by atomic mass is 10.1. The molecule has 0 aliphatic heterocycles. The summed E-state index contributed by atoms with van der Waals surface area (Å²) >= 11 is 3.72. The zero-order valence-corrected chi connectivity index (χ0v) is 14.5. The van der Waals surface area contributed by atoms with Crippen LogP contribution in [0.2, 0.25) is 0 Å². The molecular weight excluding hydrogens is 300 g/mol. The number of thiophene rings is 1. The smallest absolute Gasteiger partial charge is 0.225 e. The first-order valence-corrected chi connectivity index (χ1v) is 9.45. The van der Waals surface area contributed by atoms with Gasteiger partial charge >= 0.3 is 0 Å². The summed E-state index contributed by atoms with van der Waals surface area (Å²) in [6.45, 7) is 3.11. The number of nitrogens with zero attached hydrogens (tertiary/aromatic N) is 2. The first kappa shape index (κ1) is 14.9. The Hall–Kier alpha value is -1.01. The molecule has 2 aromatic rings. The molecule has 6 heteroatoms. The third-order valence-corrected chi connectivity index (χ3v) is 6.63. The molecule has 0 atom stereocenters. The second-order valence-corrected chi connectivity index (χ2v) is 8.18. The summed E-state index contributed by atoms with van der Waals surface area (Å²) in [5.41, 5.74) is 0. The van der Waals surface area contributed by atoms with Crippen molar-refractivity contribution < 1.29 is 0 Å². The van der Waals surface area contributed by atoms with Crippen LogP contribution in [0.5, 0.6) is 0 Å². The van der Waals surface area contributed by atoms with Gasteiger partial charge in [-0.15, -0.1) is 11.3 Å². The predicted molar refractivity (Wildman–Crippen MR) is 94.9 cm³/mol. The minimum Gasteiger partial charge on any atom is -0.368 e. The molecule has 0 aromatic carbocycles. The number of thioether (sulfide) groups is 1. The largest absolute Gasteiger partial charge is 0.368 e. The monoisotopic (exact) mass is 322 g/mol. The molecule has 21 heavy (non-hydrogen) atoms. The molecule has 2 heterocycles. The minimum absolute atomic E-state index is 0.377. The van der Waals surface area contributed by atoms with E-state index in [0.717, 1.165) is 22.6 Å². The Morgan fingerprint density at radius 3 is 2.76 bits per heavy atom. The standard InChI is InChI=1S/C15H22N4S2/c1-10-8-11-12(18-14(16-2)19-13(11)21-10)17-9-15(20-3)6-4-5-7-15/h8H,4-7,9H2,1-3H3,(H2,16,17,18,19). The van der Waals surface area contributed by atoms with Gasteiger partial charge in [0.25, 0.3) is 0 Å². The molecule has 1 saturated carbocycles. The summed E-state index contributed by atoms with van der Waals surface area (Å²) < 4.78 is 0.377. The molecule has 2 aromatic heterocycles. The average molecular weight is 323 g/mol. The van der Waals surface area contributed by atoms with Gasteiger partial charge in [-0.25, -0.2) is 4.98 Å². The molecule has 0 radical (unpaired) electrons. The summed E-state index contributed by atoms with van der Waals surface area (Å²) in [5.74, 6) is 1.66. The lowest BCUT2D eigenvalue weighted by Crippen LogP contribution is -2.30. The zero-order chi connectivity index (χ0) is 14.9. The molecule has 4 nitrogen and oxygen atoms in total. The Balaban J connectivity index is 1.88. The van der Waals surface area contributed by atoms with Crippen LogP contribution in [-0.4, -0.2) is 34.6 Å². The number of nitrogens with one attached hydrogen (secondary N) is 2. The van der Waals surface area contributed by atoms with Crippen molar-refractivity contribution in [3.8, 4) is 0 Å². The Morgan fingerprint density at radius 1 is 1.33 bits per heavy atom. The van der Waals surface area contributed by atoms with E-state index < -0.39 is 0 Å². The van der Waals surface area contributed by atoms with Crippen LogP contribution in [0.15, 0.2) is 6.07 Å². The fourth-order valence-corrected chi connectivity index (χ4v) is 4.80. The maximum Gasteiger partial charge on any atom is 0.225 e. The molecule has 0 saturated heterocycles. The molecule has 1 fully saturated rings. The lowest BCUT2D eigenvalue weighted by molar-refractivity contribution is 0.639. The van der Waals surface area contributed by atoms with Crippen molar-refractivity contribution in [3.05, 3.63) is 10.9 Å². The molecule has 2 N–H and O–H groups in total. The number of rotatable bonds is 5. The van der Waals surface area contributed by atoms with Gasteiger partial charge in [0.15, 0.2) is 0 Å². The fraction of sp³-hybridized carbons (Fsp3) is 0.600. The van der Waals surface area contributed by atoms with Crippen molar-refractivity contribution in [3.63, 3.8) is 0 Å². The van der Waals surface area contributed by atoms with E-state index in [2.05, 4.69) is 39.8 Å². The molecule has 1 aliphatic rings. The van der Waals surface area contributed by atoms with Crippen LogP contribution in [0.1, 0.15) is 30.6 Å². The van der Waals surface area contributed by atoms with E-state index in [4.69, 9.17) is 0 Å². The van der Waals surface area contributed by atoms with Crippen LogP contribution in [0, 0.1) is 6.92 Å². The van der Waals surface area contributed by atoms with Gasteiger partial charge in [-0.3, -0.25) is 0 Å². The van der Waals surface area contributed by atoms with E-state index in [9.17, 15) is 0 Å². The third-order valence-electron chi connectivity index (χ3n) is 4.27. The highest BCUT2D eigenvalue weighted by Gasteiger charge is 2.33. The minimum atomic E-state index is 0.377. The van der Waals surface area contributed by atoms with Crippen LogP contribution in [0.3, 0.4) is 0 Å². The van der Waals surface area contributed by atoms with Crippen LogP contribution >= 0.6 is 23.1 Å². The number of hydrogen-bond donors (Lipinski definition) is 2. The van der Waals surface area contributed by atoms with Gasteiger partial charge < -0.3 is 10.6 Å². The molecular formula is C15H22N4S2. The van der Waals surface area contributed by atoms with Gasteiger partial charge in [0.1, 0.15) is 10.6 Å². The Morgan fingerprint density at radius 2 is 2.10 bits per heavy atom. The quantitative estimate of drug-likeness (QED) is 0.867. The van der Waals surface area contributed by atoms with Gasteiger partial charge in [-0.05, 0) is 32.1 Å². The molecule has 0 unspecified atom stereocenters. The second kappa shape index (κ2) is 6.01. The van der Waals surface area contributed by atoms with Crippen molar-refractivity contribution in [2.45, 2.75) is 37.4 Å². The first-order valence-electron chi connectivity index (χ1n) is 7.41. The average Bonchev–Trinajstić information content (AvgIpc) is 3.10. The maximum absolute atomic E-state index is 4.62. The number of aryl methyl sites for hydroxylation is 1. The predicted octanol–water partition coefficient (Wildman–Crippen LogP) is 4.13.